The second-order valence-electron chi connectivity index (χ2n) is 5.48. The van der Waals surface area contributed by atoms with Crippen LogP contribution in [0.1, 0.15) is 0 Å². The Morgan fingerprint density at radius 3 is 1.68 bits per heavy atom. The molecule has 0 bridgehead atoms. The Kier molecular flexibility index (Phi) is 5.13. The molecule has 0 saturated heterocycles. The molecule has 0 radical (unpaired) electrons. The number of hydrogen-bond acceptors (Lipinski definition) is 4. The standard InChI is InChI=1S/C20H18NO3P/c1-23-17-8-3-14(4-9-17)16-7-12-20(25(21)22)19(13-16)15-5-10-18(24-2)11-6-15/h3-13,21H,1-2H3. The van der Waals surface area contributed by atoms with Crippen molar-refractivity contribution < 1.29 is 14.4 Å². The molecule has 1 atom stereocenters. The Bertz CT molecular complexity index is 890. The Morgan fingerprint density at radius 1 is 0.720 bits per heavy atom. The van der Waals surface area contributed by atoms with Gasteiger partial charge in [-0.2, -0.15) is 0 Å². The molecule has 3 aromatic rings. The van der Waals surface area contributed by atoms with E-state index in [0.717, 1.165) is 33.8 Å². The average molecular weight is 351 g/mol. The van der Waals surface area contributed by atoms with Gasteiger partial charge in [0.15, 0.2) is 13.2 Å². The Balaban J connectivity index is 2.08. The highest BCUT2D eigenvalue weighted by Crippen LogP contribution is 2.30. The summed E-state index contributed by atoms with van der Waals surface area (Å²) in [6, 6.07) is 20.9. The van der Waals surface area contributed by atoms with Crippen LogP contribution < -0.4 is 19.7 Å². The smallest absolute Gasteiger partial charge is 0.199 e. The van der Waals surface area contributed by atoms with E-state index in [9.17, 15) is 4.89 Å². The lowest BCUT2D eigenvalue weighted by Gasteiger charge is -2.10. The quantitative estimate of drug-likeness (QED) is 0.701. The Labute approximate surface area is 148 Å². The molecule has 0 amide bonds. The minimum atomic E-state index is -2.19. The Morgan fingerprint density at radius 2 is 1.20 bits per heavy atom. The molecule has 0 fully saturated rings. The maximum atomic E-state index is 11.9. The number of nitrogens with one attached hydrogen (secondary N) is 1. The van der Waals surface area contributed by atoms with Crippen LogP contribution >= 0.6 is 7.94 Å². The average Bonchev–Trinajstić information content (AvgIpc) is 2.67. The molecule has 0 aromatic heterocycles. The van der Waals surface area contributed by atoms with Crippen LogP contribution in [0.4, 0.5) is 0 Å². The van der Waals surface area contributed by atoms with Crippen LogP contribution in [0.3, 0.4) is 0 Å². The van der Waals surface area contributed by atoms with Gasteiger partial charge < -0.3 is 14.4 Å². The van der Waals surface area contributed by atoms with Gasteiger partial charge in [-0.3, -0.25) is 0 Å². The van der Waals surface area contributed by atoms with Crippen LogP contribution in [0.2, 0.25) is 0 Å². The molecule has 1 unspecified atom stereocenters. The van der Waals surface area contributed by atoms with E-state index in [1.165, 1.54) is 0 Å². The summed E-state index contributed by atoms with van der Waals surface area (Å²) in [6.07, 6.45) is 0. The normalized spacial score (nSPS) is 11.1. The third-order valence-electron chi connectivity index (χ3n) is 4.04. The predicted octanol–water partition coefficient (Wildman–Crippen LogP) is 4.18. The van der Waals surface area contributed by atoms with E-state index in [0.29, 0.717) is 5.30 Å². The molecule has 5 heteroatoms. The van der Waals surface area contributed by atoms with Crippen LogP contribution in [-0.4, -0.2) is 14.2 Å². The fourth-order valence-corrected chi connectivity index (χ4v) is 3.30. The minimum absolute atomic E-state index is 0.525. The van der Waals surface area contributed by atoms with Gasteiger partial charge >= 0.3 is 0 Å². The van der Waals surface area contributed by atoms with E-state index in [-0.39, 0.29) is 0 Å². The highest BCUT2D eigenvalue weighted by Gasteiger charge is 2.14. The number of rotatable bonds is 5. The molecule has 0 saturated carbocycles. The van der Waals surface area contributed by atoms with E-state index in [1.807, 2.05) is 60.7 Å². The van der Waals surface area contributed by atoms with Crippen molar-refractivity contribution >= 4 is 13.2 Å². The highest BCUT2D eigenvalue weighted by atomic mass is 31.1. The van der Waals surface area contributed by atoms with Crippen LogP contribution in [0.25, 0.3) is 22.3 Å². The van der Waals surface area contributed by atoms with Gasteiger partial charge in [0, 0.05) is 5.56 Å². The Hall–Kier alpha value is -2.68. The summed E-state index contributed by atoms with van der Waals surface area (Å²) in [5.74, 6) is 1.55. The van der Waals surface area contributed by atoms with E-state index in [1.54, 1.807) is 20.3 Å². The first kappa shape index (κ1) is 17.2. The summed E-state index contributed by atoms with van der Waals surface area (Å²) >= 11 is 0. The molecule has 0 aliphatic carbocycles. The largest absolute Gasteiger partial charge is 0.608 e. The first-order valence-corrected chi connectivity index (χ1v) is 8.99. The van der Waals surface area contributed by atoms with E-state index < -0.39 is 7.94 Å². The van der Waals surface area contributed by atoms with E-state index in [4.69, 9.17) is 14.6 Å². The van der Waals surface area contributed by atoms with Gasteiger partial charge in [0.2, 0.25) is 0 Å². The molecule has 1 N–H and O–H groups in total. The molecular weight excluding hydrogens is 333 g/mol. The zero-order valence-electron chi connectivity index (χ0n) is 14.0. The van der Waals surface area contributed by atoms with Crippen LogP contribution in [-0.2, 0) is 0 Å². The zero-order valence-corrected chi connectivity index (χ0v) is 14.9. The van der Waals surface area contributed by atoms with Crippen molar-refractivity contribution in [3.8, 4) is 33.8 Å². The van der Waals surface area contributed by atoms with Crippen molar-refractivity contribution in [1.82, 2.24) is 0 Å². The molecule has 0 aliphatic heterocycles. The lowest BCUT2D eigenvalue weighted by atomic mass is 9.99. The van der Waals surface area contributed by atoms with Crippen molar-refractivity contribution in [1.29, 1.82) is 5.16 Å². The summed E-state index contributed by atoms with van der Waals surface area (Å²) in [6.45, 7) is 0. The third kappa shape index (κ3) is 3.71. The van der Waals surface area contributed by atoms with Crippen molar-refractivity contribution in [3.05, 3.63) is 66.7 Å². The summed E-state index contributed by atoms with van der Waals surface area (Å²) in [7, 11) is 1.06. The monoisotopic (exact) mass is 351 g/mol. The molecule has 126 valence electrons. The molecule has 0 heterocycles. The number of methoxy groups -OCH3 is 2. The van der Waals surface area contributed by atoms with Crippen molar-refractivity contribution in [2.24, 2.45) is 0 Å². The van der Waals surface area contributed by atoms with Crippen LogP contribution in [0, 0.1) is 5.16 Å². The molecule has 3 aromatic carbocycles. The topological polar surface area (TPSA) is 65.4 Å². The summed E-state index contributed by atoms with van der Waals surface area (Å²) < 4.78 is 10.4. The molecule has 25 heavy (non-hydrogen) atoms. The van der Waals surface area contributed by atoms with Gasteiger partial charge in [0.05, 0.1) is 14.2 Å². The van der Waals surface area contributed by atoms with Gasteiger partial charge in [-0.1, -0.05) is 24.3 Å². The zero-order chi connectivity index (χ0) is 17.8. The lowest BCUT2D eigenvalue weighted by Crippen LogP contribution is -2.08. The van der Waals surface area contributed by atoms with E-state index >= 15 is 0 Å². The van der Waals surface area contributed by atoms with Crippen molar-refractivity contribution in [2.75, 3.05) is 14.2 Å². The fraction of sp³-hybridized carbons (Fsp3) is 0.100. The van der Waals surface area contributed by atoms with Gasteiger partial charge in [0.1, 0.15) is 11.5 Å². The second-order valence-corrected chi connectivity index (χ2v) is 6.55. The summed E-state index contributed by atoms with van der Waals surface area (Å²) in [5.41, 5.74) is 3.73. The number of benzene rings is 3. The molecule has 4 nitrogen and oxygen atoms in total. The summed E-state index contributed by atoms with van der Waals surface area (Å²) in [4.78, 5) is 11.9. The second kappa shape index (κ2) is 7.47. The van der Waals surface area contributed by atoms with Crippen LogP contribution in [0.5, 0.6) is 11.5 Å². The van der Waals surface area contributed by atoms with Gasteiger partial charge in [0.25, 0.3) is 0 Å². The first-order valence-electron chi connectivity index (χ1n) is 7.74. The van der Waals surface area contributed by atoms with Gasteiger partial charge in [-0.05, 0) is 59.2 Å². The van der Waals surface area contributed by atoms with Crippen molar-refractivity contribution in [2.45, 2.75) is 0 Å². The van der Waals surface area contributed by atoms with E-state index in [2.05, 4.69) is 0 Å². The van der Waals surface area contributed by atoms with Crippen molar-refractivity contribution in [3.63, 3.8) is 0 Å². The third-order valence-corrected chi connectivity index (χ3v) is 4.87. The SMILES string of the molecule is COc1ccc(-c2ccc([P+](=N)[O-])c(-c3ccc(OC)cc3)c2)cc1. The number of ether oxygens (including phenoxy) is 2. The minimum Gasteiger partial charge on any atom is -0.608 e. The highest BCUT2D eigenvalue weighted by molar-refractivity contribution is 7.47. The lowest BCUT2D eigenvalue weighted by molar-refractivity contribution is -0.153. The molecule has 0 aliphatic rings. The number of hydrogen-bond donors (Lipinski definition) is 1. The molecular formula is C20H18NO3P. The maximum Gasteiger partial charge on any atom is 0.199 e. The predicted molar refractivity (Wildman–Crippen MR) is 99.7 cm³/mol. The van der Waals surface area contributed by atoms with Crippen LogP contribution in [0.15, 0.2) is 66.7 Å². The fourth-order valence-electron chi connectivity index (χ4n) is 2.68. The van der Waals surface area contributed by atoms with Gasteiger partial charge in [-0.15, -0.1) is 5.16 Å². The molecule has 3 rings (SSSR count). The maximum absolute atomic E-state index is 11.9. The summed E-state index contributed by atoms with van der Waals surface area (Å²) in [5, 5.41) is 8.21. The van der Waals surface area contributed by atoms with Gasteiger partial charge in [-0.25, -0.2) is 0 Å². The first-order chi connectivity index (χ1) is 12.1. The molecule has 0 spiro atoms.